The van der Waals surface area contributed by atoms with E-state index in [-0.39, 0.29) is 11.1 Å². The zero-order valence-corrected chi connectivity index (χ0v) is 18.2. The highest BCUT2D eigenvalue weighted by Gasteiger charge is 2.10. The number of nitrogens with one attached hydrogen (secondary N) is 2. The van der Waals surface area contributed by atoms with E-state index in [1.807, 2.05) is 48.5 Å². The Morgan fingerprint density at radius 2 is 0.909 bits per heavy atom. The van der Waals surface area contributed by atoms with Gasteiger partial charge in [0.2, 0.25) is 0 Å². The molecule has 164 valence electrons. The molecule has 7 heteroatoms. The first-order chi connectivity index (χ1) is 16.0. The molecule has 0 amide bonds. The van der Waals surface area contributed by atoms with E-state index in [1.165, 1.54) is 0 Å². The zero-order chi connectivity index (χ0) is 23.2. The van der Waals surface area contributed by atoms with Gasteiger partial charge in [-0.2, -0.15) is 0 Å². The van der Waals surface area contributed by atoms with E-state index in [2.05, 4.69) is 10.6 Å². The van der Waals surface area contributed by atoms with Crippen molar-refractivity contribution in [3.05, 3.63) is 108 Å². The predicted molar refractivity (Wildman–Crippen MR) is 130 cm³/mol. The molecule has 0 saturated carbocycles. The fraction of sp³-hybridized carbons (Fsp3) is 0. The van der Waals surface area contributed by atoms with Gasteiger partial charge in [-0.3, -0.25) is 0 Å². The second-order valence-corrected chi connectivity index (χ2v) is 8.25. The SMILES string of the molecule is O=C(O)c1ccccc1Nc1ccc(Sc2ccc(Nc3ccccc3C(=O)O)cc2)cc1. The largest absolute Gasteiger partial charge is 0.478 e. The second kappa shape index (κ2) is 9.93. The van der Waals surface area contributed by atoms with Gasteiger partial charge < -0.3 is 20.8 Å². The Balaban J connectivity index is 1.41. The molecular formula is C26H20N2O4S. The molecule has 4 N–H and O–H groups in total. The molecule has 4 aromatic rings. The summed E-state index contributed by atoms with van der Waals surface area (Å²) in [5, 5.41) is 24.9. The third-order valence-corrected chi connectivity index (χ3v) is 5.83. The monoisotopic (exact) mass is 456 g/mol. The van der Waals surface area contributed by atoms with E-state index in [0.717, 1.165) is 21.2 Å². The Bertz CT molecular complexity index is 1190. The molecule has 4 rings (SSSR count). The Labute approximate surface area is 194 Å². The van der Waals surface area contributed by atoms with E-state index in [1.54, 1.807) is 60.3 Å². The van der Waals surface area contributed by atoms with Gasteiger partial charge in [-0.05, 0) is 72.8 Å². The average Bonchev–Trinajstić information content (AvgIpc) is 2.82. The Hall–Kier alpha value is -4.23. The van der Waals surface area contributed by atoms with Gasteiger partial charge in [0.25, 0.3) is 0 Å². The molecule has 6 nitrogen and oxygen atoms in total. The van der Waals surface area contributed by atoms with Gasteiger partial charge in [-0.25, -0.2) is 9.59 Å². The first-order valence-corrected chi connectivity index (χ1v) is 10.9. The van der Waals surface area contributed by atoms with Crippen LogP contribution in [0.3, 0.4) is 0 Å². The van der Waals surface area contributed by atoms with Crippen molar-refractivity contribution in [1.29, 1.82) is 0 Å². The molecule has 0 radical (unpaired) electrons. The fourth-order valence-electron chi connectivity index (χ4n) is 3.22. The van der Waals surface area contributed by atoms with Crippen molar-refractivity contribution < 1.29 is 19.8 Å². The molecule has 0 unspecified atom stereocenters. The number of hydrogen-bond donors (Lipinski definition) is 4. The van der Waals surface area contributed by atoms with Crippen LogP contribution in [0.2, 0.25) is 0 Å². The molecule has 0 atom stereocenters. The summed E-state index contributed by atoms with van der Waals surface area (Å²) in [7, 11) is 0. The van der Waals surface area contributed by atoms with E-state index in [9.17, 15) is 19.8 Å². The molecule has 0 bridgehead atoms. The number of para-hydroxylation sites is 2. The normalized spacial score (nSPS) is 10.4. The molecule has 0 aliphatic rings. The lowest BCUT2D eigenvalue weighted by atomic mass is 10.1. The predicted octanol–water partition coefficient (Wildman–Crippen LogP) is 6.72. The van der Waals surface area contributed by atoms with Gasteiger partial charge in [0.05, 0.1) is 22.5 Å². The van der Waals surface area contributed by atoms with Crippen LogP contribution in [0.4, 0.5) is 22.7 Å². The summed E-state index contributed by atoms with van der Waals surface area (Å²) in [6.45, 7) is 0. The van der Waals surface area contributed by atoms with Crippen LogP contribution in [0.25, 0.3) is 0 Å². The highest BCUT2D eigenvalue weighted by molar-refractivity contribution is 7.99. The van der Waals surface area contributed by atoms with Crippen molar-refractivity contribution >= 4 is 46.5 Å². The smallest absolute Gasteiger partial charge is 0.337 e. The van der Waals surface area contributed by atoms with Crippen molar-refractivity contribution in [3.63, 3.8) is 0 Å². The number of carboxylic acids is 2. The summed E-state index contributed by atoms with van der Waals surface area (Å²) in [5.41, 5.74) is 3.11. The zero-order valence-electron chi connectivity index (χ0n) is 17.4. The standard InChI is InChI=1S/C26H20N2O4S/c29-25(30)21-5-1-3-7-23(21)27-17-9-13-19(14-10-17)33-20-15-11-18(12-16-20)28-24-8-4-2-6-22(24)26(31)32/h1-16,27-28H,(H,29,30)(H,31,32). The third kappa shape index (κ3) is 5.53. The molecule has 0 aliphatic carbocycles. The van der Waals surface area contributed by atoms with Crippen LogP contribution in [0, 0.1) is 0 Å². The summed E-state index contributed by atoms with van der Waals surface area (Å²) in [6, 6.07) is 29.0. The van der Waals surface area contributed by atoms with Crippen LogP contribution in [0.15, 0.2) is 107 Å². The summed E-state index contributed by atoms with van der Waals surface area (Å²) < 4.78 is 0. The van der Waals surface area contributed by atoms with Crippen molar-refractivity contribution in [2.75, 3.05) is 10.6 Å². The first-order valence-electron chi connectivity index (χ1n) is 10.1. The van der Waals surface area contributed by atoms with E-state index >= 15 is 0 Å². The lowest BCUT2D eigenvalue weighted by Gasteiger charge is -2.11. The van der Waals surface area contributed by atoms with Gasteiger partial charge in [-0.1, -0.05) is 36.0 Å². The maximum absolute atomic E-state index is 11.4. The Morgan fingerprint density at radius 1 is 0.545 bits per heavy atom. The van der Waals surface area contributed by atoms with Crippen LogP contribution in [0.5, 0.6) is 0 Å². The molecule has 0 aromatic heterocycles. The summed E-state index contributed by atoms with van der Waals surface area (Å²) in [5.74, 6) is -1.95. The van der Waals surface area contributed by atoms with Crippen LogP contribution in [-0.4, -0.2) is 22.2 Å². The van der Waals surface area contributed by atoms with Gasteiger partial charge >= 0.3 is 11.9 Å². The lowest BCUT2D eigenvalue weighted by molar-refractivity contribution is 0.0687. The number of carbonyl (C=O) groups is 2. The number of hydrogen-bond acceptors (Lipinski definition) is 5. The number of anilines is 4. The van der Waals surface area contributed by atoms with Crippen LogP contribution in [0.1, 0.15) is 20.7 Å². The Morgan fingerprint density at radius 3 is 1.27 bits per heavy atom. The van der Waals surface area contributed by atoms with E-state index in [0.29, 0.717) is 11.4 Å². The number of rotatable bonds is 8. The van der Waals surface area contributed by atoms with Crippen LogP contribution in [-0.2, 0) is 0 Å². The molecular weight excluding hydrogens is 436 g/mol. The first kappa shape index (κ1) is 22.0. The fourth-order valence-corrected chi connectivity index (χ4v) is 4.03. The van der Waals surface area contributed by atoms with Crippen molar-refractivity contribution in [2.24, 2.45) is 0 Å². The highest BCUT2D eigenvalue weighted by Crippen LogP contribution is 2.31. The quantitative estimate of drug-likeness (QED) is 0.233. The minimum absolute atomic E-state index is 0.218. The van der Waals surface area contributed by atoms with Crippen LogP contribution < -0.4 is 10.6 Å². The molecule has 0 spiro atoms. The second-order valence-electron chi connectivity index (χ2n) is 7.10. The lowest BCUT2D eigenvalue weighted by Crippen LogP contribution is -2.02. The maximum Gasteiger partial charge on any atom is 0.337 e. The van der Waals surface area contributed by atoms with Crippen molar-refractivity contribution in [1.82, 2.24) is 0 Å². The maximum atomic E-state index is 11.4. The molecule has 0 saturated heterocycles. The number of benzene rings is 4. The minimum atomic E-state index is -0.977. The summed E-state index contributed by atoms with van der Waals surface area (Å²) in [6.07, 6.45) is 0. The third-order valence-electron chi connectivity index (χ3n) is 4.82. The summed E-state index contributed by atoms with van der Waals surface area (Å²) >= 11 is 1.59. The molecule has 0 fully saturated rings. The number of carboxylic acid groups (broad SMARTS) is 2. The van der Waals surface area contributed by atoms with Gasteiger partial charge in [0.15, 0.2) is 0 Å². The van der Waals surface area contributed by atoms with Gasteiger partial charge in [0, 0.05) is 21.2 Å². The molecule has 0 aliphatic heterocycles. The van der Waals surface area contributed by atoms with Gasteiger partial charge in [0.1, 0.15) is 0 Å². The minimum Gasteiger partial charge on any atom is -0.478 e. The Kier molecular flexibility index (Phi) is 6.61. The topological polar surface area (TPSA) is 98.7 Å². The number of aromatic carboxylic acids is 2. The average molecular weight is 457 g/mol. The van der Waals surface area contributed by atoms with E-state index in [4.69, 9.17) is 0 Å². The molecule has 0 heterocycles. The van der Waals surface area contributed by atoms with Crippen molar-refractivity contribution in [2.45, 2.75) is 9.79 Å². The van der Waals surface area contributed by atoms with Crippen molar-refractivity contribution in [3.8, 4) is 0 Å². The molecule has 33 heavy (non-hydrogen) atoms. The van der Waals surface area contributed by atoms with Gasteiger partial charge in [-0.15, -0.1) is 0 Å². The van der Waals surface area contributed by atoms with Crippen LogP contribution >= 0.6 is 11.8 Å². The highest BCUT2D eigenvalue weighted by atomic mass is 32.2. The molecule has 4 aromatic carbocycles. The van der Waals surface area contributed by atoms with E-state index < -0.39 is 11.9 Å². The summed E-state index contributed by atoms with van der Waals surface area (Å²) in [4.78, 5) is 24.8.